The van der Waals surface area contributed by atoms with Gasteiger partial charge in [0, 0.05) is 24.4 Å². The Labute approximate surface area is 175 Å². The van der Waals surface area contributed by atoms with Crippen LogP contribution in [0.4, 0.5) is 0 Å². The van der Waals surface area contributed by atoms with Crippen LogP contribution in [0.5, 0.6) is 17.4 Å². The van der Waals surface area contributed by atoms with Gasteiger partial charge in [-0.2, -0.15) is 0 Å². The highest BCUT2D eigenvalue weighted by molar-refractivity contribution is 6.32. The average molecular weight is 411 g/mol. The molecule has 1 heterocycles. The number of pyridine rings is 1. The molecule has 2 aromatic carbocycles. The largest absolute Gasteiger partial charge is 0.493 e. The van der Waals surface area contributed by atoms with Crippen LogP contribution in [0.15, 0.2) is 48.5 Å². The van der Waals surface area contributed by atoms with E-state index in [1.54, 1.807) is 12.1 Å². The predicted octanol–water partition coefficient (Wildman–Crippen LogP) is 5.67. The molecule has 3 aromatic rings. The second kappa shape index (κ2) is 8.29. The molecule has 1 amide bonds. The molecule has 0 radical (unpaired) electrons. The molecule has 1 saturated carbocycles. The highest BCUT2D eigenvalue weighted by Gasteiger charge is 2.22. The van der Waals surface area contributed by atoms with Crippen LogP contribution >= 0.6 is 11.6 Å². The van der Waals surface area contributed by atoms with Crippen molar-refractivity contribution in [2.75, 3.05) is 6.61 Å². The fourth-order valence-electron chi connectivity index (χ4n) is 3.11. The predicted molar refractivity (Wildman–Crippen MR) is 114 cm³/mol. The van der Waals surface area contributed by atoms with Crippen LogP contribution in [0.25, 0.3) is 10.9 Å². The fraction of sp³-hybridized carbons (Fsp3) is 0.304. The van der Waals surface area contributed by atoms with E-state index in [0.29, 0.717) is 22.6 Å². The van der Waals surface area contributed by atoms with Crippen molar-refractivity contribution < 1.29 is 14.3 Å². The number of aromatic nitrogens is 1. The Morgan fingerprint density at radius 2 is 2.03 bits per heavy atom. The van der Waals surface area contributed by atoms with E-state index >= 15 is 0 Å². The number of rotatable bonds is 7. The molecule has 0 aliphatic heterocycles. The summed E-state index contributed by atoms with van der Waals surface area (Å²) in [5.74, 6) is 2.39. The van der Waals surface area contributed by atoms with Gasteiger partial charge < -0.3 is 14.8 Å². The number of halogens is 1. The lowest BCUT2D eigenvalue weighted by molar-refractivity contribution is -0.119. The third kappa shape index (κ3) is 4.98. The van der Waals surface area contributed by atoms with Gasteiger partial charge in [0.1, 0.15) is 11.5 Å². The quantitative estimate of drug-likeness (QED) is 0.545. The van der Waals surface area contributed by atoms with Crippen LogP contribution in [0.2, 0.25) is 5.02 Å². The second-order valence-electron chi connectivity index (χ2n) is 7.47. The number of carbonyl (C=O) groups is 1. The fourth-order valence-corrected chi connectivity index (χ4v) is 3.31. The number of hydrogen-bond donors (Lipinski definition) is 1. The van der Waals surface area contributed by atoms with Crippen molar-refractivity contribution in [3.63, 3.8) is 0 Å². The Morgan fingerprint density at radius 3 is 2.76 bits per heavy atom. The number of fused-ring (bicyclic) bond motifs is 1. The lowest BCUT2D eigenvalue weighted by Crippen LogP contribution is -2.23. The molecule has 1 atom stereocenters. The zero-order chi connectivity index (χ0) is 20.4. The van der Waals surface area contributed by atoms with Gasteiger partial charge in [-0.15, -0.1) is 0 Å². The molecule has 6 heteroatoms. The minimum atomic E-state index is -0.0627. The first-order valence-electron chi connectivity index (χ1n) is 9.76. The summed E-state index contributed by atoms with van der Waals surface area (Å²) in [6.45, 7) is 4.21. The van der Waals surface area contributed by atoms with Gasteiger partial charge in [0.15, 0.2) is 0 Å². The smallest absolute Gasteiger partial charge is 0.219 e. The third-order valence-electron chi connectivity index (χ3n) is 4.91. The summed E-state index contributed by atoms with van der Waals surface area (Å²) in [7, 11) is 0. The van der Waals surface area contributed by atoms with Gasteiger partial charge in [0.05, 0.1) is 23.2 Å². The number of amides is 1. The van der Waals surface area contributed by atoms with Crippen molar-refractivity contribution >= 4 is 28.4 Å². The minimum absolute atomic E-state index is 0.0553. The third-order valence-corrected chi connectivity index (χ3v) is 5.20. The van der Waals surface area contributed by atoms with E-state index in [1.165, 1.54) is 19.8 Å². The van der Waals surface area contributed by atoms with E-state index in [9.17, 15) is 4.79 Å². The number of ether oxygens (including phenoxy) is 2. The summed E-state index contributed by atoms with van der Waals surface area (Å²) in [5, 5.41) is 4.35. The van der Waals surface area contributed by atoms with Crippen molar-refractivity contribution in [2.45, 2.75) is 32.7 Å². The van der Waals surface area contributed by atoms with Gasteiger partial charge in [-0.05, 0) is 61.6 Å². The van der Waals surface area contributed by atoms with Gasteiger partial charge in [0.2, 0.25) is 11.8 Å². The maximum absolute atomic E-state index is 11.3. The molecule has 1 aliphatic rings. The Kier molecular flexibility index (Phi) is 5.58. The summed E-state index contributed by atoms with van der Waals surface area (Å²) >= 11 is 6.36. The van der Waals surface area contributed by atoms with E-state index in [2.05, 4.69) is 10.3 Å². The van der Waals surface area contributed by atoms with Gasteiger partial charge in [-0.1, -0.05) is 17.7 Å². The van der Waals surface area contributed by atoms with Crippen LogP contribution in [0, 0.1) is 5.92 Å². The number of carbonyl (C=O) groups excluding carboxylic acids is 1. The van der Waals surface area contributed by atoms with E-state index in [0.717, 1.165) is 28.8 Å². The van der Waals surface area contributed by atoms with Crippen LogP contribution in [0.1, 0.15) is 38.3 Å². The first-order chi connectivity index (χ1) is 14.0. The van der Waals surface area contributed by atoms with Gasteiger partial charge in [-0.25, -0.2) is 4.98 Å². The number of nitrogens with zero attached hydrogens (tertiary/aromatic N) is 1. The Bertz CT molecular complexity index is 1050. The van der Waals surface area contributed by atoms with Crippen molar-refractivity contribution in [3.05, 3.63) is 59.1 Å². The van der Waals surface area contributed by atoms with Crippen LogP contribution < -0.4 is 14.8 Å². The molecule has 150 valence electrons. The van der Waals surface area contributed by atoms with Crippen molar-refractivity contribution in [1.82, 2.24) is 10.3 Å². The molecule has 1 N–H and O–H groups in total. The molecule has 1 aromatic heterocycles. The van der Waals surface area contributed by atoms with Crippen molar-refractivity contribution in [2.24, 2.45) is 5.92 Å². The molecule has 5 nitrogen and oxygen atoms in total. The Morgan fingerprint density at radius 1 is 1.21 bits per heavy atom. The summed E-state index contributed by atoms with van der Waals surface area (Å²) in [6.07, 6.45) is 2.49. The highest BCUT2D eigenvalue weighted by Crippen LogP contribution is 2.34. The van der Waals surface area contributed by atoms with Crippen molar-refractivity contribution in [1.29, 1.82) is 0 Å². The van der Waals surface area contributed by atoms with Gasteiger partial charge >= 0.3 is 0 Å². The molecule has 0 saturated heterocycles. The maximum atomic E-state index is 11.3. The molecule has 0 spiro atoms. The maximum Gasteiger partial charge on any atom is 0.219 e. The van der Waals surface area contributed by atoms with E-state index in [4.69, 9.17) is 21.1 Å². The summed E-state index contributed by atoms with van der Waals surface area (Å²) in [4.78, 5) is 15.8. The first kappa shape index (κ1) is 19.5. The van der Waals surface area contributed by atoms with E-state index < -0.39 is 0 Å². The standard InChI is InChI=1S/C23H23ClN2O3/c1-14(25-15(2)27)17-5-8-21-18(11-17)6-10-23(26-21)29-22-9-7-19(12-20(22)24)28-13-16-3-4-16/h5-12,14,16H,3-4,13H2,1-2H3,(H,25,27). The second-order valence-corrected chi connectivity index (χ2v) is 7.88. The van der Waals surface area contributed by atoms with E-state index in [1.807, 2.05) is 43.3 Å². The molecule has 29 heavy (non-hydrogen) atoms. The first-order valence-corrected chi connectivity index (χ1v) is 10.1. The Balaban J connectivity index is 1.48. The topological polar surface area (TPSA) is 60.5 Å². The molecule has 0 bridgehead atoms. The molecular weight excluding hydrogens is 388 g/mol. The van der Waals surface area contributed by atoms with Gasteiger partial charge in [-0.3, -0.25) is 4.79 Å². The summed E-state index contributed by atoms with van der Waals surface area (Å²) < 4.78 is 11.6. The minimum Gasteiger partial charge on any atom is -0.493 e. The number of nitrogens with one attached hydrogen (secondary N) is 1. The molecule has 4 rings (SSSR count). The van der Waals surface area contributed by atoms with Crippen LogP contribution in [-0.2, 0) is 4.79 Å². The molecule has 1 unspecified atom stereocenters. The number of hydrogen-bond acceptors (Lipinski definition) is 4. The van der Waals surface area contributed by atoms with Gasteiger partial charge in [0.25, 0.3) is 0 Å². The highest BCUT2D eigenvalue weighted by atomic mass is 35.5. The van der Waals surface area contributed by atoms with Crippen molar-refractivity contribution in [3.8, 4) is 17.4 Å². The lowest BCUT2D eigenvalue weighted by Gasteiger charge is -2.14. The van der Waals surface area contributed by atoms with E-state index in [-0.39, 0.29) is 11.9 Å². The van der Waals surface area contributed by atoms with Crippen LogP contribution in [-0.4, -0.2) is 17.5 Å². The molecular formula is C23H23ClN2O3. The monoisotopic (exact) mass is 410 g/mol. The normalized spacial score (nSPS) is 14.4. The number of benzene rings is 2. The lowest BCUT2D eigenvalue weighted by atomic mass is 10.1. The molecule has 1 aliphatic carbocycles. The zero-order valence-electron chi connectivity index (χ0n) is 16.4. The molecule has 1 fully saturated rings. The summed E-state index contributed by atoms with van der Waals surface area (Å²) in [5.41, 5.74) is 1.83. The summed E-state index contributed by atoms with van der Waals surface area (Å²) in [6, 6.07) is 15.0. The van der Waals surface area contributed by atoms with Crippen LogP contribution in [0.3, 0.4) is 0 Å². The SMILES string of the molecule is CC(=O)NC(C)c1ccc2nc(Oc3ccc(OCC4CC4)cc3Cl)ccc2c1. The average Bonchev–Trinajstić information content (AvgIpc) is 3.52. The zero-order valence-corrected chi connectivity index (χ0v) is 17.2. The Hall–Kier alpha value is -2.79.